The molecule has 0 spiro atoms. The summed E-state index contributed by atoms with van der Waals surface area (Å²) in [6.07, 6.45) is 0. The van der Waals surface area contributed by atoms with Gasteiger partial charge in [-0.1, -0.05) is 71.2 Å². The Labute approximate surface area is 240 Å². The van der Waals surface area contributed by atoms with Crippen LogP contribution in [0, 0.1) is 6.92 Å². The Morgan fingerprint density at radius 2 is 1.49 bits per heavy atom. The van der Waals surface area contributed by atoms with Crippen molar-refractivity contribution in [3.63, 3.8) is 0 Å². The molecule has 7 nitrogen and oxygen atoms in total. The summed E-state index contributed by atoms with van der Waals surface area (Å²) >= 11 is 12.4. The van der Waals surface area contributed by atoms with Crippen molar-refractivity contribution in [2.45, 2.75) is 57.6 Å². The molecule has 208 valence electrons. The molecule has 0 saturated carbocycles. The second-order valence-electron chi connectivity index (χ2n) is 10.4. The van der Waals surface area contributed by atoms with Gasteiger partial charge in [-0.15, -0.1) is 0 Å². The van der Waals surface area contributed by atoms with E-state index in [4.69, 9.17) is 23.2 Å². The molecule has 0 bridgehead atoms. The first-order valence-electron chi connectivity index (χ1n) is 12.4. The summed E-state index contributed by atoms with van der Waals surface area (Å²) in [5.74, 6) is -0.923. The molecule has 10 heteroatoms. The Kier molecular flexibility index (Phi) is 9.69. The van der Waals surface area contributed by atoms with Crippen LogP contribution in [0.1, 0.15) is 38.8 Å². The molecule has 0 aliphatic heterocycles. The van der Waals surface area contributed by atoms with Gasteiger partial charge in [0.2, 0.25) is 11.8 Å². The van der Waals surface area contributed by atoms with E-state index in [0.717, 1.165) is 15.4 Å². The van der Waals surface area contributed by atoms with Crippen molar-refractivity contribution in [1.29, 1.82) is 0 Å². The first kappa shape index (κ1) is 30.5. The number of nitrogens with zero attached hydrogens (tertiary/aromatic N) is 2. The normalized spacial score (nSPS) is 12.5. The molecule has 3 aromatic carbocycles. The number of nitrogens with one attached hydrogen (secondary N) is 1. The van der Waals surface area contributed by atoms with Crippen LogP contribution in [-0.4, -0.2) is 43.3 Å². The highest BCUT2D eigenvalue weighted by Crippen LogP contribution is 2.30. The second kappa shape index (κ2) is 12.4. The van der Waals surface area contributed by atoms with Gasteiger partial charge >= 0.3 is 0 Å². The van der Waals surface area contributed by atoms with Crippen LogP contribution in [0.2, 0.25) is 10.0 Å². The van der Waals surface area contributed by atoms with Crippen LogP contribution in [0.5, 0.6) is 0 Å². The van der Waals surface area contributed by atoms with E-state index in [-0.39, 0.29) is 33.1 Å². The van der Waals surface area contributed by atoms with E-state index in [1.807, 2.05) is 58.0 Å². The van der Waals surface area contributed by atoms with Crippen molar-refractivity contribution in [2.24, 2.45) is 0 Å². The van der Waals surface area contributed by atoms with E-state index in [1.165, 1.54) is 35.2 Å². The molecular formula is C29H33Cl2N3O4S. The van der Waals surface area contributed by atoms with E-state index < -0.39 is 34.1 Å². The summed E-state index contributed by atoms with van der Waals surface area (Å²) in [5, 5.41) is 3.33. The molecule has 2 amide bonds. The Morgan fingerprint density at radius 3 is 2.03 bits per heavy atom. The second-order valence-corrected chi connectivity index (χ2v) is 13.1. The Bertz CT molecular complexity index is 1400. The van der Waals surface area contributed by atoms with Crippen LogP contribution in [0.4, 0.5) is 5.69 Å². The first-order valence-corrected chi connectivity index (χ1v) is 14.6. The van der Waals surface area contributed by atoms with Crippen molar-refractivity contribution >= 4 is 50.7 Å². The van der Waals surface area contributed by atoms with E-state index in [9.17, 15) is 18.0 Å². The van der Waals surface area contributed by atoms with E-state index >= 15 is 0 Å². The zero-order valence-electron chi connectivity index (χ0n) is 22.6. The SMILES string of the molecule is Cc1ccc(S(=O)(=O)N(CC(=O)N(Cc2ccccc2)C(C)C(=O)NC(C)(C)C)c2cc(Cl)cc(Cl)c2)cc1. The molecule has 39 heavy (non-hydrogen) atoms. The minimum absolute atomic E-state index is 0.00475. The third-order valence-electron chi connectivity index (χ3n) is 5.88. The summed E-state index contributed by atoms with van der Waals surface area (Å²) in [6, 6.07) is 19.0. The topological polar surface area (TPSA) is 86.8 Å². The fourth-order valence-electron chi connectivity index (χ4n) is 3.89. The Morgan fingerprint density at radius 1 is 0.923 bits per heavy atom. The predicted molar refractivity (Wildman–Crippen MR) is 157 cm³/mol. The fraction of sp³-hybridized carbons (Fsp3) is 0.310. The van der Waals surface area contributed by atoms with Gasteiger partial charge in [0.25, 0.3) is 10.0 Å². The molecule has 1 atom stereocenters. The summed E-state index contributed by atoms with van der Waals surface area (Å²) < 4.78 is 28.7. The number of hydrogen-bond acceptors (Lipinski definition) is 4. The van der Waals surface area contributed by atoms with Gasteiger partial charge in [-0.3, -0.25) is 13.9 Å². The fourth-order valence-corrected chi connectivity index (χ4v) is 5.80. The summed E-state index contributed by atoms with van der Waals surface area (Å²) in [6.45, 7) is 8.54. The number of benzene rings is 3. The number of amides is 2. The molecule has 3 rings (SSSR count). The highest BCUT2D eigenvalue weighted by atomic mass is 35.5. The number of carbonyl (C=O) groups is 2. The van der Waals surface area contributed by atoms with Crippen molar-refractivity contribution in [1.82, 2.24) is 10.2 Å². The predicted octanol–water partition coefficient (Wildman–Crippen LogP) is 5.83. The van der Waals surface area contributed by atoms with Gasteiger partial charge in [0.05, 0.1) is 10.6 Å². The van der Waals surface area contributed by atoms with Gasteiger partial charge < -0.3 is 10.2 Å². The van der Waals surface area contributed by atoms with E-state index in [1.54, 1.807) is 19.1 Å². The Hall–Kier alpha value is -3.07. The van der Waals surface area contributed by atoms with Crippen LogP contribution in [0.25, 0.3) is 0 Å². The number of aryl methyl sites for hydroxylation is 1. The third-order valence-corrected chi connectivity index (χ3v) is 8.11. The average Bonchev–Trinajstić information content (AvgIpc) is 2.84. The van der Waals surface area contributed by atoms with Gasteiger partial charge in [-0.2, -0.15) is 0 Å². The maximum Gasteiger partial charge on any atom is 0.264 e. The van der Waals surface area contributed by atoms with Crippen LogP contribution in [-0.2, 0) is 26.2 Å². The number of hydrogen-bond donors (Lipinski definition) is 1. The molecule has 3 aromatic rings. The third kappa shape index (κ3) is 8.21. The van der Waals surface area contributed by atoms with E-state index in [2.05, 4.69) is 5.32 Å². The van der Waals surface area contributed by atoms with Crippen LogP contribution < -0.4 is 9.62 Å². The lowest BCUT2D eigenvalue weighted by atomic mass is 10.1. The molecule has 0 saturated heterocycles. The zero-order chi connectivity index (χ0) is 29.0. The Balaban J connectivity index is 2.06. The molecule has 0 aliphatic carbocycles. The highest BCUT2D eigenvalue weighted by molar-refractivity contribution is 7.92. The quantitative estimate of drug-likeness (QED) is 0.340. The number of rotatable bonds is 9. The molecule has 0 fully saturated rings. The highest BCUT2D eigenvalue weighted by Gasteiger charge is 2.33. The molecule has 0 aromatic heterocycles. The monoisotopic (exact) mass is 589 g/mol. The van der Waals surface area contributed by atoms with Crippen LogP contribution >= 0.6 is 23.2 Å². The number of sulfonamides is 1. The number of halogens is 2. The minimum atomic E-state index is -4.21. The maximum absolute atomic E-state index is 13.9. The minimum Gasteiger partial charge on any atom is -0.350 e. The summed E-state index contributed by atoms with van der Waals surface area (Å²) in [4.78, 5) is 28.4. The van der Waals surface area contributed by atoms with Crippen molar-refractivity contribution < 1.29 is 18.0 Å². The lowest BCUT2D eigenvalue weighted by molar-refractivity contribution is -0.140. The zero-order valence-corrected chi connectivity index (χ0v) is 24.9. The van der Waals surface area contributed by atoms with Crippen molar-refractivity contribution in [3.05, 3.63) is 94.0 Å². The molecule has 0 heterocycles. The number of carbonyl (C=O) groups excluding carboxylic acids is 2. The maximum atomic E-state index is 13.9. The molecular weight excluding hydrogens is 557 g/mol. The van der Waals surface area contributed by atoms with Gasteiger partial charge in [-0.05, 0) is 70.5 Å². The summed E-state index contributed by atoms with van der Waals surface area (Å²) in [5.41, 5.74) is 1.29. The molecule has 1 N–H and O–H groups in total. The van der Waals surface area contributed by atoms with Gasteiger partial charge in [-0.25, -0.2) is 8.42 Å². The lowest BCUT2D eigenvalue weighted by Crippen LogP contribution is -2.54. The molecule has 0 aliphatic rings. The van der Waals surface area contributed by atoms with E-state index in [0.29, 0.717) is 0 Å². The summed E-state index contributed by atoms with van der Waals surface area (Å²) in [7, 11) is -4.21. The van der Waals surface area contributed by atoms with Crippen LogP contribution in [0.3, 0.4) is 0 Å². The smallest absolute Gasteiger partial charge is 0.264 e. The van der Waals surface area contributed by atoms with Gasteiger partial charge in [0.15, 0.2) is 0 Å². The average molecular weight is 591 g/mol. The standard InChI is InChI=1S/C29H33Cl2N3O4S/c1-20-11-13-26(14-12-20)39(37,38)34(25-16-23(30)15-24(31)17-25)19-27(35)33(18-22-9-7-6-8-10-22)21(2)28(36)32-29(3,4)5/h6-17,21H,18-19H2,1-5H3,(H,32,36). The van der Waals surface area contributed by atoms with Crippen molar-refractivity contribution in [2.75, 3.05) is 10.8 Å². The lowest BCUT2D eigenvalue weighted by Gasteiger charge is -2.33. The van der Waals surface area contributed by atoms with Gasteiger partial charge in [0.1, 0.15) is 12.6 Å². The molecule has 0 radical (unpaired) electrons. The number of anilines is 1. The molecule has 1 unspecified atom stereocenters. The van der Waals surface area contributed by atoms with Gasteiger partial charge in [0, 0.05) is 22.1 Å². The largest absolute Gasteiger partial charge is 0.350 e. The first-order chi connectivity index (χ1) is 18.2. The van der Waals surface area contributed by atoms with Crippen molar-refractivity contribution in [3.8, 4) is 0 Å². The van der Waals surface area contributed by atoms with Crippen LogP contribution in [0.15, 0.2) is 77.7 Å².